The van der Waals surface area contributed by atoms with Gasteiger partial charge in [0, 0.05) is 5.69 Å². The van der Waals surface area contributed by atoms with Crippen LogP contribution in [0.15, 0.2) is 24.3 Å². The second kappa shape index (κ2) is 3.93. The van der Waals surface area contributed by atoms with Crippen molar-refractivity contribution < 1.29 is 9.53 Å². The molecule has 2 atom stereocenters. The van der Waals surface area contributed by atoms with Gasteiger partial charge in [0.05, 0.1) is 7.11 Å². The zero-order valence-electron chi connectivity index (χ0n) is 8.99. The van der Waals surface area contributed by atoms with Gasteiger partial charge in [0.2, 0.25) is 0 Å². The molecule has 2 rings (SSSR count). The molecule has 0 saturated heterocycles. The van der Waals surface area contributed by atoms with Crippen molar-refractivity contribution in [1.29, 1.82) is 0 Å². The SMILES string of the molecule is COC(=O)[C@@H]1Nc2ccccc2C[C@H]1C. The number of carbonyl (C=O) groups is 1. The summed E-state index contributed by atoms with van der Waals surface area (Å²) >= 11 is 0. The minimum absolute atomic E-state index is 0.183. The monoisotopic (exact) mass is 205 g/mol. The number of para-hydroxylation sites is 1. The fourth-order valence-corrected chi connectivity index (χ4v) is 2.03. The fourth-order valence-electron chi connectivity index (χ4n) is 2.03. The Hall–Kier alpha value is -1.51. The van der Waals surface area contributed by atoms with Gasteiger partial charge in [0.25, 0.3) is 0 Å². The van der Waals surface area contributed by atoms with Crippen LogP contribution >= 0.6 is 0 Å². The first-order valence-electron chi connectivity index (χ1n) is 5.14. The second-order valence-corrected chi connectivity index (χ2v) is 3.98. The maximum atomic E-state index is 11.5. The van der Waals surface area contributed by atoms with Crippen LogP contribution in [0, 0.1) is 5.92 Å². The highest BCUT2D eigenvalue weighted by Gasteiger charge is 2.30. The number of hydrogen-bond donors (Lipinski definition) is 1. The van der Waals surface area contributed by atoms with Crippen LogP contribution in [-0.4, -0.2) is 19.1 Å². The smallest absolute Gasteiger partial charge is 0.328 e. The Morgan fingerprint density at radius 1 is 1.47 bits per heavy atom. The standard InChI is InChI=1S/C12H15NO2/c1-8-7-9-5-3-4-6-10(9)13-11(8)12(14)15-2/h3-6,8,11,13H,7H2,1-2H3/t8-,11-/m1/s1. The summed E-state index contributed by atoms with van der Waals surface area (Å²) in [6.07, 6.45) is 0.920. The van der Waals surface area contributed by atoms with Crippen molar-refractivity contribution in [2.75, 3.05) is 12.4 Å². The Morgan fingerprint density at radius 3 is 2.93 bits per heavy atom. The zero-order chi connectivity index (χ0) is 10.8. The molecule has 1 N–H and O–H groups in total. The summed E-state index contributed by atoms with van der Waals surface area (Å²) in [4.78, 5) is 11.5. The normalized spacial score (nSPS) is 23.9. The average Bonchev–Trinajstić information content (AvgIpc) is 2.27. The number of ether oxygens (including phenoxy) is 1. The summed E-state index contributed by atoms with van der Waals surface area (Å²) in [5.41, 5.74) is 2.32. The molecule has 0 aromatic heterocycles. The van der Waals surface area contributed by atoms with E-state index >= 15 is 0 Å². The van der Waals surface area contributed by atoms with E-state index in [0.717, 1.165) is 12.1 Å². The Morgan fingerprint density at radius 2 is 2.20 bits per heavy atom. The van der Waals surface area contributed by atoms with Gasteiger partial charge in [-0.1, -0.05) is 25.1 Å². The summed E-state index contributed by atoms with van der Waals surface area (Å²) in [7, 11) is 1.43. The molecule has 0 spiro atoms. The van der Waals surface area contributed by atoms with Crippen LogP contribution in [0.25, 0.3) is 0 Å². The van der Waals surface area contributed by atoms with Gasteiger partial charge in [-0.05, 0) is 24.0 Å². The molecule has 0 radical (unpaired) electrons. The molecule has 0 aliphatic carbocycles. The third-order valence-corrected chi connectivity index (χ3v) is 2.89. The molecule has 0 bridgehead atoms. The molecule has 0 fully saturated rings. The van der Waals surface area contributed by atoms with Crippen molar-refractivity contribution in [1.82, 2.24) is 0 Å². The molecule has 0 unspecified atom stereocenters. The van der Waals surface area contributed by atoms with Crippen molar-refractivity contribution in [3.63, 3.8) is 0 Å². The van der Waals surface area contributed by atoms with Gasteiger partial charge in [-0.15, -0.1) is 0 Å². The Kier molecular flexibility index (Phi) is 2.62. The van der Waals surface area contributed by atoms with Crippen LogP contribution in [-0.2, 0) is 16.0 Å². The topological polar surface area (TPSA) is 38.3 Å². The van der Waals surface area contributed by atoms with E-state index in [9.17, 15) is 4.79 Å². The van der Waals surface area contributed by atoms with Crippen LogP contribution in [0.4, 0.5) is 5.69 Å². The number of benzene rings is 1. The van der Waals surface area contributed by atoms with Crippen molar-refractivity contribution in [2.24, 2.45) is 5.92 Å². The quantitative estimate of drug-likeness (QED) is 0.711. The Balaban J connectivity index is 2.25. The van der Waals surface area contributed by atoms with Crippen molar-refractivity contribution in [3.05, 3.63) is 29.8 Å². The largest absolute Gasteiger partial charge is 0.467 e. The number of anilines is 1. The molecule has 0 amide bonds. The first kappa shape index (κ1) is 10.0. The van der Waals surface area contributed by atoms with Crippen molar-refractivity contribution >= 4 is 11.7 Å². The van der Waals surface area contributed by atoms with E-state index in [-0.39, 0.29) is 17.9 Å². The van der Waals surface area contributed by atoms with Crippen LogP contribution in [0.1, 0.15) is 12.5 Å². The summed E-state index contributed by atoms with van der Waals surface area (Å²) < 4.78 is 4.77. The number of methoxy groups -OCH3 is 1. The van der Waals surface area contributed by atoms with Gasteiger partial charge in [0.15, 0.2) is 0 Å². The molecule has 1 aromatic carbocycles. The lowest BCUT2D eigenvalue weighted by Gasteiger charge is -2.30. The van der Waals surface area contributed by atoms with Crippen LogP contribution in [0.5, 0.6) is 0 Å². The van der Waals surface area contributed by atoms with E-state index in [0.29, 0.717) is 0 Å². The maximum absolute atomic E-state index is 11.5. The molecule has 1 aromatic rings. The molecule has 1 heterocycles. The molecule has 1 aliphatic heterocycles. The number of nitrogens with one attached hydrogen (secondary N) is 1. The van der Waals surface area contributed by atoms with E-state index in [1.807, 2.05) is 18.2 Å². The third-order valence-electron chi connectivity index (χ3n) is 2.89. The zero-order valence-corrected chi connectivity index (χ0v) is 8.99. The second-order valence-electron chi connectivity index (χ2n) is 3.98. The van der Waals surface area contributed by atoms with Crippen molar-refractivity contribution in [3.8, 4) is 0 Å². The Bertz CT molecular complexity index is 376. The van der Waals surface area contributed by atoms with Crippen LogP contribution < -0.4 is 5.32 Å². The molecule has 0 saturated carbocycles. The molecular weight excluding hydrogens is 190 g/mol. The van der Waals surface area contributed by atoms with E-state index in [2.05, 4.69) is 18.3 Å². The number of rotatable bonds is 1. The fraction of sp³-hybridized carbons (Fsp3) is 0.417. The highest BCUT2D eigenvalue weighted by Crippen LogP contribution is 2.28. The lowest BCUT2D eigenvalue weighted by atomic mass is 9.89. The van der Waals surface area contributed by atoms with Crippen LogP contribution in [0.2, 0.25) is 0 Å². The predicted molar refractivity (Wildman–Crippen MR) is 58.7 cm³/mol. The van der Waals surface area contributed by atoms with E-state index in [1.165, 1.54) is 12.7 Å². The van der Waals surface area contributed by atoms with Gasteiger partial charge in [-0.25, -0.2) is 4.79 Å². The highest BCUT2D eigenvalue weighted by molar-refractivity contribution is 5.81. The molecule has 3 heteroatoms. The van der Waals surface area contributed by atoms with Gasteiger partial charge in [-0.3, -0.25) is 0 Å². The summed E-state index contributed by atoms with van der Waals surface area (Å²) in [6.45, 7) is 2.06. The number of carbonyl (C=O) groups excluding carboxylic acids is 1. The van der Waals surface area contributed by atoms with Gasteiger partial charge < -0.3 is 10.1 Å². The molecule has 80 valence electrons. The molecule has 3 nitrogen and oxygen atoms in total. The van der Waals surface area contributed by atoms with Gasteiger partial charge in [-0.2, -0.15) is 0 Å². The van der Waals surface area contributed by atoms with Crippen molar-refractivity contribution in [2.45, 2.75) is 19.4 Å². The lowest BCUT2D eigenvalue weighted by Crippen LogP contribution is -2.40. The maximum Gasteiger partial charge on any atom is 0.328 e. The van der Waals surface area contributed by atoms with Gasteiger partial charge in [0.1, 0.15) is 6.04 Å². The van der Waals surface area contributed by atoms with Crippen LogP contribution in [0.3, 0.4) is 0 Å². The molecular formula is C12H15NO2. The first-order valence-corrected chi connectivity index (χ1v) is 5.14. The minimum atomic E-state index is -0.218. The molecule has 1 aliphatic rings. The summed E-state index contributed by atoms with van der Waals surface area (Å²) in [5, 5.41) is 3.22. The average molecular weight is 205 g/mol. The molecule has 15 heavy (non-hydrogen) atoms. The minimum Gasteiger partial charge on any atom is -0.467 e. The predicted octanol–water partition coefficient (Wildman–Crippen LogP) is 1.83. The lowest BCUT2D eigenvalue weighted by molar-refractivity contribution is -0.142. The third kappa shape index (κ3) is 1.82. The Labute approximate surface area is 89.4 Å². The number of fused-ring (bicyclic) bond motifs is 1. The number of esters is 1. The summed E-state index contributed by atoms with van der Waals surface area (Å²) in [5.74, 6) is 0.0874. The summed E-state index contributed by atoms with van der Waals surface area (Å²) in [6, 6.07) is 7.86. The van der Waals surface area contributed by atoms with Gasteiger partial charge >= 0.3 is 5.97 Å². The number of hydrogen-bond acceptors (Lipinski definition) is 3. The highest BCUT2D eigenvalue weighted by atomic mass is 16.5. The van der Waals surface area contributed by atoms with E-state index in [1.54, 1.807) is 0 Å². The van der Waals surface area contributed by atoms with E-state index in [4.69, 9.17) is 4.74 Å². The van der Waals surface area contributed by atoms with E-state index < -0.39 is 0 Å². The first-order chi connectivity index (χ1) is 7.22.